The number of hydrogen-bond donors (Lipinski definition) is 2. The molecule has 4 heteroatoms. The third kappa shape index (κ3) is 1.20. The molecule has 4 aliphatic rings. The van der Waals surface area contributed by atoms with Crippen molar-refractivity contribution in [2.24, 2.45) is 11.3 Å². The molecule has 4 aliphatic carbocycles. The second-order valence-corrected chi connectivity index (χ2v) is 7.58. The molecule has 0 aliphatic heterocycles. The topological polar surface area (TPSA) is 66.8 Å². The van der Waals surface area contributed by atoms with Crippen molar-refractivity contribution < 1.29 is 19.7 Å². The van der Waals surface area contributed by atoms with Crippen LogP contribution in [0, 0.1) is 11.3 Å². The van der Waals surface area contributed by atoms with Crippen LogP contribution in [0.3, 0.4) is 0 Å². The summed E-state index contributed by atoms with van der Waals surface area (Å²) in [5.41, 5.74) is -1.95. The molecule has 4 fully saturated rings. The maximum atomic E-state index is 11.9. The lowest BCUT2D eigenvalue weighted by molar-refractivity contribution is -0.180. The van der Waals surface area contributed by atoms with Gasteiger partial charge in [0.25, 0.3) is 0 Å². The summed E-state index contributed by atoms with van der Waals surface area (Å²) in [7, 11) is 0. The summed E-state index contributed by atoms with van der Waals surface area (Å²) in [6.45, 7) is 5.27. The zero-order valence-corrected chi connectivity index (χ0v) is 11.2. The number of esters is 1. The Balaban J connectivity index is 1.71. The monoisotopic (exact) mass is 264 g/mol. The van der Waals surface area contributed by atoms with Gasteiger partial charge in [-0.25, -0.2) is 4.79 Å². The fraction of sp³-hybridized carbons (Fsp3) is 0.800. The highest BCUT2D eigenvalue weighted by Crippen LogP contribution is 2.79. The summed E-state index contributed by atoms with van der Waals surface area (Å²) in [4.78, 5) is 11.9. The van der Waals surface area contributed by atoms with Crippen LogP contribution >= 0.6 is 0 Å². The summed E-state index contributed by atoms with van der Waals surface area (Å²) >= 11 is 0. The summed E-state index contributed by atoms with van der Waals surface area (Å²) in [6.07, 6.45) is 3.84. The fourth-order valence-corrected chi connectivity index (χ4v) is 5.80. The van der Waals surface area contributed by atoms with Crippen molar-refractivity contribution in [2.45, 2.75) is 62.3 Å². The molecule has 2 N–H and O–H groups in total. The molecule has 1 spiro atoms. The zero-order chi connectivity index (χ0) is 13.7. The van der Waals surface area contributed by atoms with Crippen LogP contribution in [0.25, 0.3) is 0 Å². The summed E-state index contributed by atoms with van der Waals surface area (Å²) in [5, 5.41) is 21.4. The van der Waals surface area contributed by atoms with Crippen LogP contribution in [0.2, 0.25) is 0 Å². The second kappa shape index (κ2) is 2.91. The van der Waals surface area contributed by atoms with Gasteiger partial charge in [-0.05, 0) is 38.5 Å². The third-order valence-corrected chi connectivity index (χ3v) is 6.12. The molecule has 4 nitrogen and oxygen atoms in total. The van der Waals surface area contributed by atoms with E-state index in [1.54, 1.807) is 6.92 Å². The Morgan fingerprint density at radius 2 is 1.95 bits per heavy atom. The third-order valence-electron chi connectivity index (χ3n) is 6.12. The minimum Gasteiger partial charge on any atom is -0.456 e. The lowest BCUT2D eigenvalue weighted by Crippen LogP contribution is -2.57. The van der Waals surface area contributed by atoms with Gasteiger partial charge in [0.2, 0.25) is 0 Å². The van der Waals surface area contributed by atoms with Gasteiger partial charge in [-0.3, -0.25) is 0 Å². The number of carbonyl (C=O) groups excluding carboxylic acids is 1. The van der Waals surface area contributed by atoms with Crippen molar-refractivity contribution in [1.29, 1.82) is 0 Å². The van der Waals surface area contributed by atoms with E-state index in [1.165, 1.54) is 0 Å². The Bertz CT molecular complexity index is 514. The van der Waals surface area contributed by atoms with E-state index in [0.717, 1.165) is 12.8 Å². The second-order valence-electron chi connectivity index (χ2n) is 7.58. The Morgan fingerprint density at radius 1 is 1.21 bits per heavy atom. The Hall–Kier alpha value is -0.870. The van der Waals surface area contributed by atoms with Crippen LogP contribution in [-0.2, 0) is 9.53 Å². The molecule has 5 atom stereocenters. The maximum absolute atomic E-state index is 11.9. The van der Waals surface area contributed by atoms with Gasteiger partial charge in [-0.2, -0.15) is 0 Å². The van der Waals surface area contributed by atoms with Crippen LogP contribution in [0.4, 0.5) is 0 Å². The van der Waals surface area contributed by atoms with Crippen molar-refractivity contribution in [3.63, 3.8) is 0 Å². The average molecular weight is 264 g/mol. The standard InChI is InChI=1S/C15H20O4/c1-9(2)11(16)19-13-3-10-4-15(18)7-12(17,5-13)6-14(10,15)8-13/h10,17-18H,1,3-8H2,2H3. The first-order valence-electron chi connectivity index (χ1n) is 7.05. The highest BCUT2D eigenvalue weighted by atomic mass is 16.6. The molecule has 3 bridgehead atoms. The van der Waals surface area contributed by atoms with Gasteiger partial charge in [0, 0.05) is 23.8 Å². The van der Waals surface area contributed by atoms with E-state index in [4.69, 9.17) is 4.74 Å². The summed E-state index contributed by atoms with van der Waals surface area (Å²) < 4.78 is 5.70. The fourth-order valence-electron chi connectivity index (χ4n) is 5.80. The van der Waals surface area contributed by atoms with Gasteiger partial charge in [0.1, 0.15) is 5.60 Å². The molecule has 5 unspecified atom stereocenters. The highest BCUT2D eigenvalue weighted by Gasteiger charge is 2.82. The smallest absolute Gasteiger partial charge is 0.333 e. The van der Waals surface area contributed by atoms with E-state index < -0.39 is 16.8 Å². The number of aliphatic hydroxyl groups is 2. The molecule has 0 aromatic rings. The molecule has 0 heterocycles. The van der Waals surface area contributed by atoms with Crippen molar-refractivity contribution >= 4 is 5.97 Å². The molecular weight excluding hydrogens is 244 g/mol. The van der Waals surface area contributed by atoms with E-state index in [0.29, 0.717) is 37.2 Å². The average Bonchev–Trinajstić information content (AvgIpc) is 2.51. The SMILES string of the molecule is C=C(C)C(=O)OC12CC3CC4(O)CC(O)(C1)CC34C2. The van der Waals surface area contributed by atoms with Crippen LogP contribution in [-0.4, -0.2) is 33.0 Å². The molecule has 0 aromatic heterocycles. The van der Waals surface area contributed by atoms with E-state index in [9.17, 15) is 15.0 Å². The van der Waals surface area contributed by atoms with Crippen molar-refractivity contribution in [3.05, 3.63) is 12.2 Å². The molecule has 0 radical (unpaired) electrons. The van der Waals surface area contributed by atoms with Crippen LogP contribution in [0.5, 0.6) is 0 Å². The number of rotatable bonds is 2. The van der Waals surface area contributed by atoms with Gasteiger partial charge in [-0.1, -0.05) is 6.58 Å². The predicted molar refractivity (Wildman–Crippen MR) is 67.2 cm³/mol. The minimum absolute atomic E-state index is 0.199. The van der Waals surface area contributed by atoms with Gasteiger partial charge < -0.3 is 14.9 Å². The van der Waals surface area contributed by atoms with E-state index >= 15 is 0 Å². The van der Waals surface area contributed by atoms with Crippen LogP contribution < -0.4 is 0 Å². The predicted octanol–water partition coefficient (Wildman–Crippen LogP) is 1.30. The minimum atomic E-state index is -0.854. The number of ether oxygens (including phenoxy) is 1. The van der Waals surface area contributed by atoms with Crippen molar-refractivity contribution in [3.8, 4) is 0 Å². The quantitative estimate of drug-likeness (QED) is 0.583. The van der Waals surface area contributed by atoms with Crippen LogP contribution in [0.1, 0.15) is 45.4 Å². The lowest BCUT2D eigenvalue weighted by Gasteiger charge is -2.55. The summed E-state index contributed by atoms with van der Waals surface area (Å²) in [5.74, 6) is 0.0260. The van der Waals surface area contributed by atoms with Gasteiger partial charge in [0.15, 0.2) is 0 Å². The Kier molecular flexibility index (Phi) is 1.83. The first kappa shape index (κ1) is 11.9. The van der Waals surface area contributed by atoms with Crippen molar-refractivity contribution in [2.75, 3.05) is 0 Å². The van der Waals surface area contributed by atoms with Gasteiger partial charge in [-0.15, -0.1) is 0 Å². The number of fused-ring (bicyclic) bond motifs is 2. The molecule has 4 rings (SSSR count). The zero-order valence-electron chi connectivity index (χ0n) is 11.2. The Labute approximate surface area is 112 Å². The van der Waals surface area contributed by atoms with E-state index in [-0.39, 0.29) is 11.4 Å². The molecule has 0 amide bonds. The molecule has 4 saturated carbocycles. The van der Waals surface area contributed by atoms with E-state index in [1.807, 2.05) is 0 Å². The molecule has 19 heavy (non-hydrogen) atoms. The number of carbonyl (C=O) groups is 1. The molecule has 0 aromatic carbocycles. The molecular formula is C15H20O4. The summed E-state index contributed by atoms with van der Waals surface area (Å²) in [6, 6.07) is 0. The molecule has 0 saturated heterocycles. The van der Waals surface area contributed by atoms with Gasteiger partial charge in [0.05, 0.1) is 11.2 Å². The lowest BCUT2D eigenvalue weighted by atomic mass is 9.53. The normalized spacial score (nSPS) is 56.7. The first-order valence-corrected chi connectivity index (χ1v) is 7.05. The highest BCUT2D eigenvalue weighted by molar-refractivity contribution is 5.87. The molecule has 104 valence electrons. The van der Waals surface area contributed by atoms with Crippen LogP contribution in [0.15, 0.2) is 12.2 Å². The van der Waals surface area contributed by atoms with E-state index in [2.05, 4.69) is 6.58 Å². The maximum Gasteiger partial charge on any atom is 0.333 e. The largest absolute Gasteiger partial charge is 0.456 e. The number of hydrogen-bond acceptors (Lipinski definition) is 4. The Morgan fingerprint density at radius 3 is 2.63 bits per heavy atom. The first-order chi connectivity index (χ1) is 8.72. The van der Waals surface area contributed by atoms with Gasteiger partial charge >= 0.3 is 5.97 Å². The van der Waals surface area contributed by atoms with Crippen molar-refractivity contribution in [1.82, 2.24) is 0 Å².